The fourth-order valence-electron chi connectivity index (χ4n) is 4.07. The molecule has 1 aromatic rings. The molecule has 0 bridgehead atoms. The average Bonchev–Trinajstić information content (AvgIpc) is 2.73. The standard InChI is InChI=1S/C23H35N3O3/c1-23(2,3)22(28)26-11-9-19(10-12-26)21(27)24-20(18-7-5-4-6-8-18)17-25-13-15-29-16-14-25/h4-8,19-20H,9-17H2,1-3H3,(H,24,27). The number of benzene rings is 1. The van der Waals surface area contributed by atoms with E-state index in [1.807, 2.05) is 43.9 Å². The fraction of sp³-hybridized carbons (Fsp3) is 0.652. The van der Waals surface area contributed by atoms with Crippen LogP contribution in [0.5, 0.6) is 0 Å². The maximum atomic E-state index is 13.0. The van der Waals surface area contributed by atoms with Gasteiger partial charge in [-0.3, -0.25) is 14.5 Å². The first-order chi connectivity index (χ1) is 13.8. The molecule has 0 aliphatic carbocycles. The molecule has 2 aliphatic rings. The van der Waals surface area contributed by atoms with Crippen LogP contribution < -0.4 is 5.32 Å². The highest BCUT2D eigenvalue weighted by atomic mass is 16.5. The van der Waals surface area contributed by atoms with Crippen molar-refractivity contribution < 1.29 is 14.3 Å². The van der Waals surface area contributed by atoms with Crippen LogP contribution in [0.25, 0.3) is 0 Å². The van der Waals surface area contributed by atoms with Gasteiger partial charge in [-0.1, -0.05) is 51.1 Å². The first-order valence-electron chi connectivity index (χ1n) is 10.8. The molecule has 29 heavy (non-hydrogen) atoms. The van der Waals surface area contributed by atoms with E-state index in [0.29, 0.717) is 13.1 Å². The minimum Gasteiger partial charge on any atom is -0.379 e. The van der Waals surface area contributed by atoms with Crippen molar-refractivity contribution in [2.75, 3.05) is 45.9 Å². The Labute approximate surface area is 174 Å². The van der Waals surface area contributed by atoms with Crippen LogP contribution in [0.15, 0.2) is 30.3 Å². The number of likely N-dealkylation sites (tertiary alicyclic amines) is 1. The van der Waals surface area contributed by atoms with E-state index < -0.39 is 0 Å². The van der Waals surface area contributed by atoms with Crippen LogP contribution in [-0.4, -0.2) is 67.6 Å². The molecule has 0 radical (unpaired) electrons. The second-order valence-corrected chi connectivity index (χ2v) is 9.20. The number of rotatable bonds is 5. The number of ether oxygens (including phenoxy) is 1. The van der Waals surface area contributed by atoms with Gasteiger partial charge in [-0.15, -0.1) is 0 Å². The smallest absolute Gasteiger partial charge is 0.227 e. The monoisotopic (exact) mass is 401 g/mol. The van der Waals surface area contributed by atoms with Gasteiger partial charge in [0.05, 0.1) is 19.3 Å². The normalized spacial score (nSPS) is 20.3. The topological polar surface area (TPSA) is 61.9 Å². The Bertz CT molecular complexity index is 672. The third-order valence-electron chi connectivity index (χ3n) is 5.86. The van der Waals surface area contributed by atoms with Gasteiger partial charge in [0.15, 0.2) is 0 Å². The molecular formula is C23H35N3O3. The first kappa shape index (κ1) is 21.8. The van der Waals surface area contributed by atoms with Crippen molar-refractivity contribution in [2.45, 2.75) is 39.7 Å². The number of amides is 2. The van der Waals surface area contributed by atoms with E-state index in [-0.39, 0.29) is 29.2 Å². The third-order valence-corrected chi connectivity index (χ3v) is 5.86. The number of morpholine rings is 1. The molecule has 6 heteroatoms. The van der Waals surface area contributed by atoms with Crippen LogP contribution in [0, 0.1) is 11.3 Å². The molecule has 6 nitrogen and oxygen atoms in total. The van der Waals surface area contributed by atoms with Gasteiger partial charge in [0.1, 0.15) is 0 Å². The summed E-state index contributed by atoms with van der Waals surface area (Å²) in [4.78, 5) is 29.8. The molecule has 160 valence electrons. The Balaban J connectivity index is 1.59. The van der Waals surface area contributed by atoms with Gasteiger partial charge in [-0.05, 0) is 18.4 Å². The number of carbonyl (C=O) groups excluding carboxylic acids is 2. The fourth-order valence-corrected chi connectivity index (χ4v) is 4.07. The molecular weight excluding hydrogens is 366 g/mol. The molecule has 2 heterocycles. The van der Waals surface area contributed by atoms with Gasteiger partial charge in [0.2, 0.25) is 11.8 Å². The van der Waals surface area contributed by atoms with Gasteiger partial charge in [-0.25, -0.2) is 0 Å². The molecule has 1 N–H and O–H groups in total. The highest BCUT2D eigenvalue weighted by molar-refractivity contribution is 5.83. The second-order valence-electron chi connectivity index (χ2n) is 9.20. The Morgan fingerprint density at radius 1 is 1.07 bits per heavy atom. The molecule has 1 atom stereocenters. The summed E-state index contributed by atoms with van der Waals surface area (Å²) in [7, 11) is 0. The number of carbonyl (C=O) groups is 2. The van der Waals surface area contributed by atoms with Crippen molar-refractivity contribution in [3.63, 3.8) is 0 Å². The van der Waals surface area contributed by atoms with Crippen LogP contribution in [0.4, 0.5) is 0 Å². The van der Waals surface area contributed by atoms with Crippen molar-refractivity contribution in [3.8, 4) is 0 Å². The number of piperidine rings is 1. The Morgan fingerprint density at radius 3 is 2.28 bits per heavy atom. The van der Waals surface area contributed by atoms with Gasteiger partial charge in [-0.2, -0.15) is 0 Å². The minimum atomic E-state index is -0.369. The molecule has 2 saturated heterocycles. The van der Waals surface area contributed by atoms with Gasteiger partial charge in [0, 0.05) is 44.1 Å². The van der Waals surface area contributed by atoms with E-state index in [2.05, 4.69) is 22.3 Å². The van der Waals surface area contributed by atoms with E-state index in [9.17, 15) is 9.59 Å². The third kappa shape index (κ3) is 6.03. The van der Waals surface area contributed by atoms with Crippen LogP contribution >= 0.6 is 0 Å². The average molecular weight is 402 g/mol. The summed E-state index contributed by atoms with van der Waals surface area (Å²) in [6.07, 6.45) is 1.46. The van der Waals surface area contributed by atoms with E-state index in [1.165, 1.54) is 0 Å². The van der Waals surface area contributed by atoms with E-state index in [0.717, 1.165) is 51.3 Å². The first-order valence-corrected chi connectivity index (χ1v) is 10.8. The zero-order valence-electron chi connectivity index (χ0n) is 18.0. The zero-order chi connectivity index (χ0) is 20.9. The zero-order valence-corrected chi connectivity index (χ0v) is 18.0. The van der Waals surface area contributed by atoms with Crippen LogP contribution in [0.1, 0.15) is 45.2 Å². The van der Waals surface area contributed by atoms with Crippen molar-refractivity contribution >= 4 is 11.8 Å². The van der Waals surface area contributed by atoms with Crippen LogP contribution in [0.2, 0.25) is 0 Å². The number of nitrogens with zero attached hydrogens (tertiary/aromatic N) is 2. The number of nitrogens with one attached hydrogen (secondary N) is 1. The molecule has 2 amide bonds. The highest BCUT2D eigenvalue weighted by Crippen LogP contribution is 2.25. The minimum absolute atomic E-state index is 0.0314. The summed E-state index contributed by atoms with van der Waals surface area (Å²) >= 11 is 0. The lowest BCUT2D eigenvalue weighted by Crippen LogP contribution is -2.48. The summed E-state index contributed by atoms with van der Waals surface area (Å²) in [5.74, 6) is 0.246. The molecule has 2 aliphatic heterocycles. The predicted octanol–water partition coefficient (Wildman–Crippen LogP) is 2.46. The molecule has 3 rings (SSSR count). The maximum Gasteiger partial charge on any atom is 0.227 e. The van der Waals surface area contributed by atoms with Gasteiger partial charge in [0.25, 0.3) is 0 Å². The molecule has 0 saturated carbocycles. The molecule has 0 aromatic heterocycles. The molecule has 1 unspecified atom stereocenters. The highest BCUT2D eigenvalue weighted by Gasteiger charge is 2.33. The van der Waals surface area contributed by atoms with Crippen molar-refractivity contribution in [1.82, 2.24) is 15.1 Å². The van der Waals surface area contributed by atoms with Crippen molar-refractivity contribution in [1.29, 1.82) is 0 Å². The van der Waals surface area contributed by atoms with E-state index >= 15 is 0 Å². The molecule has 1 aromatic carbocycles. The Morgan fingerprint density at radius 2 is 1.69 bits per heavy atom. The van der Waals surface area contributed by atoms with Crippen molar-refractivity contribution in [2.24, 2.45) is 11.3 Å². The number of hydrogen-bond acceptors (Lipinski definition) is 4. The summed E-state index contributed by atoms with van der Waals surface area (Å²) in [5, 5.41) is 3.30. The lowest BCUT2D eigenvalue weighted by molar-refractivity contribution is -0.142. The summed E-state index contributed by atoms with van der Waals surface area (Å²) in [6.45, 7) is 11.2. The van der Waals surface area contributed by atoms with Crippen LogP contribution in [-0.2, 0) is 14.3 Å². The summed E-state index contributed by atoms with van der Waals surface area (Å²) < 4.78 is 5.46. The molecule has 0 spiro atoms. The van der Waals surface area contributed by atoms with Crippen molar-refractivity contribution in [3.05, 3.63) is 35.9 Å². The predicted molar refractivity (Wildman–Crippen MR) is 113 cm³/mol. The molecule has 2 fully saturated rings. The van der Waals surface area contributed by atoms with E-state index in [4.69, 9.17) is 4.74 Å². The summed E-state index contributed by atoms with van der Waals surface area (Å²) in [6, 6.07) is 10.2. The number of hydrogen-bond donors (Lipinski definition) is 1. The lowest BCUT2D eigenvalue weighted by Gasteiger charge is -2.36. The maximum absolute atomic E-state index is 13.0. The Kier molecular flexibility index (Phi) is 7.30. The quantitative estimate of drug-likeness (QED) is 0.823. The van der Waals surface area contributed by atoms with E-state index in [1.54, 1.807) is 0 Å². The second kappa shape index (κ2) is 9.72. The van der Waals surface area contributed by atoms with Gasteiger partial charge >= 0.3 is 0 Å². The van der Waals surface area contributed by atoms with Gasteiger partial charge < -0.3 is 15.0 Å². The SMILES string of the molecule is CC(C)(C)C(=O)N1CCC(C(=O)NC(CN2CCOCC2)c2ccccc2)CC1. The lowest BCUT2D eigenvalue weighted by atomic mass is 9.90. The Hall–Kier alpha value is -1.92. The van der Waals surface area contributed by atoms with Crippen LogP contribution in [0.3, 0.4) is 0 Å². The largest absolute Gasteiger partial charge is 0.379 e. The summed E-state index contributed by atoms with van der Waals surface area (Å²) in [5.41, 5.74) is 0.763.